The summed E-state index contributed by atoms with van der Waals surface area (Å²) in [5, 5.41) is 6.57. The van der Waals surface area contributed by atoms with Crippen LogP contribution in [0.25, 0.3) is 0 Å². The summed E-state index contributed by atoms with van der Waals surface area (Å²) in [6.45, 7) is 10.3. The minimum Gasteiger partial charge on any atom is -0.382 e. The molecule has 0 aliphatic carbocycles. The van der Waals surface area contributed by atoms with Crippen molar-refractivity contribution in [3.63, 3.8) is 0 Å². The molecular formula is C14H25N3OS. The molecule has 0 aliphatic heterocycles. The molecule has 4 nitrogen and oxygen atoms in total. The fraction of sp³-hybridized carbons (Fsp3) is 0.643. The Morgan fingerprint density at radius 2 is 2.16 bits per heavy atom. The summed E-state index contributed by atoms with van der Waals surface area (Å²) in [7, 11) is 0. The monoisotopic (exact) mass is 283 g/mol. The van der Waals surface area contributed by atoms with Crippen LogP contribution in [-0.4, -0.2) is 32.3 Å². The van der Waals surface area contributed by atoms with E-state index in [1.54, 1.807) is 11.3 Å². The zero-order valence-electron chi connectivity index (χ0n) is 12.2. The second-order valence-electron chi connectivity index (χ2n) is 4.18. The third-order valence-corrected chi connectivity index (χ3v) is 3.48. The van der Waals surface area contributed by atoms with Gasteiger partial charge in [-0.2, -0.15) is 0 Å². The number of hydrogen-bond acceptors (Lipinski definition) is 3. The fourth-order valence-corrected chi connectivity index (χ4v) is 2.41. The van der Waals surface area contributed by atoms with E-state index in [4.69, 9.17) is 4.74 Å². The molecule has 1 heterocycles. The topological polar surface area (TPSA) is 45.7 Å². The molecule has 0 amide bonds. The van der Waals surface area contributed by atoms with Gasteiger partial charge < -0.3 is 15.4 Å². The lowest BCUT2D eigenvalue weighted by molar-refractivity contribution is 0.145. The van der Waals surface area contributed by atoms with Gasteiger partial charge in [-0.3, -0.25) is 0 Å². The Morgan fingerprint density at radius 1 is 1.32 bits per heavy atom. The van der Waals surface area contributed by atoms with Gasteiger partial charge in [-0.05, 0) is 39.3 Å². The van der Waals surface area contributed by atoms with Gasteiger partial charge in [-0.25, -0.2) is 4.99 Å². The highest BCUT2D eigenvalue weighted by Crippen LogP contribution is 2.15. The minimum absolute atomic E-state index is 0.735. The molecule has 0 fully saturated rings. The predicted octanol–water partition coefficient (Wildman–Crippen LogP) is 2.54. The van der Waals surface area contributed by atoms with Gasteiger partial charge in [-0.1, -0.05) is 0 Å². The van der Waals surface area contributed by atoms with Gasteiger partial charge in [0.25, 0.3) is 0 Å². The summed E-state index contributed by atoms with van der Waals surface area (Å²) in [6.07, 6.45) is 0.996. The first-order valence-electron chi connectivity index (χ1n) is 6.91. The second kappa shape index (κ2) is 9.81. The largest absolute Gasteiger partial charge is 0.382 e. The normalized spacial score (nSPS) is 11.6. The van der Waals surface area contributed by atoms with E-state index in [1.165, 1.54) is 9.75 Å². The first kappa shape index (κ1) is 16.0. The number of nitrogens with one attached hydrogen (secondary N) is 2. The van der Waals surface area contributed by atoms with E-state index >= 15 is 0 Å². The number of thiophene rings is 1. The zero-order valence-corrected chi connectivity index (χ0v) is 13.0. The minimum atomic E-state index is 0.735. The second-order valence-corrected chi connectivity index (χ2v) is 5.56. The Morgan fingerprint density at radius 3 is 2.79 bits per heavy atom. The summed E-state index contributed by atoms with van der Waals surface area (Å²) >= 11 is 1.80. The highest BCUT2D eigenvalue weighted by Gasteiger charge is 1.99. The Labute approximate surface area is 120 Å². The smallest absolute Gasteiger partial charge is 0.191 e. The van der Waals surface area contributed by atoms with Crippen molar-refractivity contribution in [3.8, 4) is 0 Å². The average Bonchev–Trinajstić information content (AvgIpc) is 2.81. The molecule has 0 saturated heterocycles. The molecule has 1 rings (SSSR count). The fourth-order valence-electron chi connectivity index (χ4n) is 1.59. The summed E-state index contributed by atoms with van der Waals surface area (Å²) in [4.78, 5) is 7.21. The molecule has 0 radical (unpaired) electrons. The SMILES string of the molecule is CCNC(=NCc1ccc(C)s1)NCCCOCC. The number of nitrogens with zero attached hydrogens (tertiary/aromatic N) is 1. The predicted molar refractivity (Wildman–Crippen MR) is 83.0 cm³/mol. The van der Waals surface area contributed by atoms with Crippen molar-refractivity contribution in [2.24, 2.45) is 4.99 Å². The van der Waals surface area contributed by atoms with E-state index in [-0.39, 0.29) is 0 Å². The number of rotatable bonds is 8. The van der Waals surface area contributed by atoms with Gasteiger partial charge in [0.1, 0.15) is 0 Å². The van der Waals surface area contributed by atoms with Crippen molar-refractivity contribution in [2.75, 3.05) is 26.3 Å². The van der Waals surface area contributed by atoms with Gasteiger partial charge in [0.15, 0.2) is 5.96 Å². The molecule has 0 aliphatic rings. The van der Waals surface area contributed by atoms with Crippen LogP contribution in [0.2, 0.25) is 0 Å². The quantitative estimate of drug-likeness (QED) is 0.438. The molecule has 0 unspecified atom stereocenters. The third-order valence-electron chi connectivity index (χ3n) is 2.50. The van der Waals surface area contributed by atoms with Crippen LogP contribution in [0.5, 0.6) is 0 Å². The number of guanidine groups is 1. The molecule has 1 aromatic heterocycles. The standard InChI is InChI=1S/C14H25N3OS/c1-4-15-14(16-9-6-10-18-5-2)17-11-13-8-7-12(3)19-13/h7-8H,4-6,9-11H2,1-3H3,(H2,15,16,17). The highest BCUT2D eigenvalue weighted by atomic mass is 32.1. The Hall–Kier alpha value is -1.07. The van der Waals surface area contributed by atoms with Crippen LogP contribution in [0.3, 0.4) is 0 Å². The Bertz CT molecular complexity index is 377. The van der Waals surface area contributed by atoms with Gasteiger partial charge in [0.2, 0.25) is 0 Å². The van der Waals surface area contributed by atoms with Crippen LogP contribution in [0.1, 0.15) is 30.0 Å². The van der Waals surface area contributed by atoms with Gasteiger partial charge in [0, 0.05) is 36.1 Å². The van der Waals surface area contributed by atoms with Gasteiger partial charge in [-0.15, -0.1) is 11.3 Å². The average molecular weight is 283 g/mol. The lowest BCUT2D eigenvalue weighted by atomic mass is 10.4. The molecule has 0 bridgehead atoms. The maximum Gasteiger partial charge on any atom is 0.191 e. The number of ether oxygens (including phenoxy) is 1. The zero-order chi connectivity index (χ0) is 13.9. The third kappa shape index (κ3) is 7.18. The van der Waals surface area contributed by atoms with Crippen molar-refractivity contribution in [2.45, 2.75) is 33.7 Å². The molecule has 1 aromatic rings. The van der Waals surface area contributed by atoms with Crippen LogP contribution >= 0.6 is 11.3 Å². The molecule has 0 aromatic carbocycles. The van der Waals surface area contributed by atoms with Crippen LogP contribution < -0.4 is 10.6 Å². The lowest BCUT2D eigenvalue weighted by Crippen LogP contribution is -2.38. The first-order chi connectivity index (χ1) is 9.26. The molecule has 5 heteroatoms. The summed E-state index contributed by atoms with van der Waals surface area (Å²) in [6, 6.07) is 4.28. The van der Waals surface area contributed by atoms with Crippen LogP contribution in [0, 0.1) is 6.92 Å². The molecule has 19 heavy (non-hydrogen) atoms. The number of hydrogen-bond donors (Lipinski definition) is 2. The van der Waals surface area contributed by atoms with E-state index in [0.29, 0.717) is 0 Å². The highest BCUT2D eigenvalue weighted by molar-refractivity contribution is 7.11. The van der Waals surface area contributed by atoms with Crippen LogP contribution in [0.4, 0.5) is 0 Å². The van der Waals surface area contributed by atoms with E-state index in [9.17, 15) is 0 Å². The van der Waals surface area contributed by atoms with Crippen molar-refractivity contribution in [3.05, 3.63) is 21.9 Å². The molecular weight excluding hydrogens is 258 g/mol. The van der Waals surface area contributed by atoms with E-state index in [2.05, 4.69) is 41.6 Å². The van der Waals surface area contributed by atoms with E-state index in [1.807, 2.05) is 6.92 Å². The van der Waals surface area contributed by atoms with Gasteiger partial charge >= 0.3 is 0 Å². The lowest BCUT2D eigenvalue weighted by Gasteiger charge is -2.10. The van der Waals surface area contributed by atoms with Crippen LogP contribution in [0.15, 0.2) is 17.1 Å². The Kier molecular flexibility index (Phi) is 8.25. The molecule has 2 N–H and O–H groups in total. The van der Waals surface area contributed by atoms with Crippen molar-refractivity contribution in [1.29, 1.82) is 0 Å². The van der Waals surface area contributed by atoms with Crippen molar-refractivity contribution >= 4 is 17.3 Å². The molecule has 0 spiro atoms. The summed E-state index contributed by atoms with van der Waals surface area (Å²) in [5.74, 6) is 0.880. The van der Waals surface area contributed by atoms with Crippen molar-refractivity contribution < 1.29 is 4.74 Å². The first-order valence-corrected chi connectivity index (χ1v) is 7.73. The van der Waals surface area contributed by atoms with Gasteiger partial charge in [0.05, 0.1) is 6.54 Å². The van der Waals surface area contributed by atoms with Crippen LogP contribution in [-0.2, 0) is 11.3 Å². The molecule has 108 valence electrons. The summed E-state index contributed by atoms with van der Waals surface area (Å²) < 4.78 is 5.31. The molecule has 0 atom stereocenters. The maximum absolute atomic E-state index is 5.31. The number of aliphatic imine (C=N–C) groups is 1. The van der Waals surface area contributed by atoms with Crippen molar-refractivity contribution in [1.82, 2.24) is 10.6 Å². The van der Waals surface area contributed by atoms with E-state index < -0.39 is 0 Å². The summed E-state index contributed by atoms with van der Waals surface area (Å²) in [5.41, 5.74) is 0. The van der Waals surface area contributed by atoms with E-state index in [0.717, 1.165) is 45.2 Å². The molecule has 0 saturated carbocycles. The Balaban J connectivity index is 2.33. The maximum atomic E-state index is 5.31. The number of aryl methyl sites for hydroxylation is 1.